The molecule has 0 spiro atoms. The average Bonchev–Trinajstić information content (AvgIpc) is 1.45. The van der Waals surface area contributed by atoms with Crippen molar-refractivity contribution >= 4 is 39.5 Å². The highest BCUT2D eigenvalue weighted by molar-refractivity contribution is 7.47. The first kappa shape index (κ1) is 96.1. The second-order valence-corrected chi connectivity index (χ2v) is 32.6. The van der Waals surface area contributed by atoms with Crippen molar-refractivity contribution in [1.82, 2.24) is 0 Å². The molecule has 0 saturated heterocycles. The second kappa shape index (κ2) is 68.2. The van der Waals surface area contributed by atoms with Gasteiger partial charge in [-0.05, 0) is 49.4 Å². The van der Waals surface area contributed by atoms with Gasteiger partial charge in [-0.15, -0.1) is 0 Å². The van der Waals surface area contributed by atoms with Gasteiger partial charge in [-0.3, -0.25) is 37.3 Å². The van der Waals surface area contributed by atoms with Crippen LogP contribution in [0.5, 0.6) is 0 Å². The number of aliphatic hydroxyl groups is 1. The molecular formula is C79H154O17P2. The fraction of sp³-hybridized carbons (Fsp3) is 0.949. The quantitative estimate of drug-likeness (QED) is 0.0222. The van der Waals surface area contributed by atoms with Gasteiger partial charge in [-0.1, -0.05) is 351 Å². The number of ether oxygens (including phenoxy) is 4. The Morgan fingerprint density at radius 2 is 0.490 bits per heavy atom. The summed E-state index contributed by atoms with van der Waals surface area (Å²) in [6.07, 6.45) is 54.1. The molecule has 0 aliphatic carbocycles. The van der Waals surface area contributed by atoms with Crippen LogP contribution >= 0.6 is 15.6 Å². The summed E-state index contributed by atoms with van der Waals surface area (Å²) in [5.41, 5.74) is 0. The Hall–Kier alpha value is -1.94. The molecule has 0 rings (SSSR count). The fourth-order valence-electron chi connectivity index (χ4n) is 12.0. The molecule has 0 aromatic heterocycles. The number of hydrogen-bond acceptors (Lipinski definition) is 15. The number of phosphoric ester groups is 2. The van der Waals surface area contributed by atoms with E-state index in [1.54, 1.807) is 0 Å². The molecular weight excluding hydrogens is 1280 g/mol. The lowest BCUT2D eigenvalue weighted by atomic mass is 9.99. The van der Waals surface area contributed by atoms with Crippen molar-refractivity contribution in [2.24, 2.45) is 23.7 Å². The summed E-state index contributed by atoms with van der Waals surface area (Å²) in [5.74, 6) is 1.04. The minimum absolute atomic E-state index is 0.105. The van der Waals surface area contributed by atoms with Gasteiger partial charge in [0, 0.05) is 25.7 Å². The minimum atomic E-state index is -4.96. The summed E-state index contributed by atoms with van der Waals surface area (Å²) in [5, 5.41) is 10.6. The molecule has 0 radical (unpaired) electrons. The summed E-state index contributed by atoms with van der Waals surface area (Å²) in [6.45, 7) is 14.3. The van der Waals surface area contributed by atoms with Crippen LogP contribution in [0.25, 0.3) is 0 Å². The number of carbonyl (C=O) groups is 4. The Kier molecular flexibility index (Phi) is 66.8. The van der Waals surface area contributed by atoms with Gasteiger partial charge in [0.2, 0.25) is 0 Å². The van der Waals surface area contributed by atoms with Gasteiger partial charge < -0.3 is 33.8 Å². The molecule has 582 valence electrons. The Morgan fingerprint density at radius 1 is 0.286 bits per heavy atom. The van der Waals surface area contributed by atoms with Crippen LogP contribution in [-0.2, 0) is 65.4 Å². The van der Waals surface area contributed by atoms with E-state index >= 15 is 0 Å². The maximum atomic E-state index is 13.1. The zero-order valence-corrected chi connectivity index (χ0v) is 66.2. The summed E-state index contributed by atoms with van der Waals surface area (Å²) in [4.78, 5) is 72.9. The van der Waals surface area contributed by atoms with Crippen molar-refractivity contribution in [2.75, 3.05) is 39.6 Å². The smallest absolute Gasteiger partial charge is 0.462 e. The lowest BCUT2D eigenvalue weighted by Gasteiger charge is -2.21. The number of carbonyl (C=O) groups excluding carboxylic acids is 4. The van der Waals surface area contributed by atoms with Crippen LogP contribution in [0.1, 0.15) is 402 Å². The van der Waals surface area contributed by atoms with E-state index in [0.717, 1.165) is 114 Å². The van der Waals surface area contributed by atoms with E-state index in [2.05, 4.69) is 55.4 Å². The minimum Gasteiger partial charge on any atom is -0.462 e. The van der Waals surface area contributed by atoms with E-state index in [4.69, 9.17) is 37.0 Å². The van der Waals surface area contributed by atoms with Crippen LogP contribution < -0.4 is 0 Å². The molecule has 0 saturated carbocycles. The molecule has 6 unspecified atom stereocenters. The molecule has 98 heavy (non-hydrogen) atoms. The lowest BCUT2D eigenvalue weighted by Crippen LogP contribution is -2.30. The van der Waals surface area contributed by atoms with Crippen molar-refractivity contribution < 1.29 is 80.2 Å². The van der Waals surface area contributed by atoms with Gasteiger partial charge >= 0.3 is 39.5 Å². The maximum Gasteiger partial charge on any atom is 0.472 e. The molecule has 0 bridgehead atoms. The largest absolute Gasteiger partial charge is 0.472 e. The number of esters is 4. The van der Waals surface area contributed by atoms with Crippen LogP contribution in [0, 0.1) is 23.7 Å². The normalized spacial score (nSPS) is 14.9. The monoisotopic (exact) mass is 1440 g/mol. The molecule has 3 N–H and O–H groups in total. The highest BCUT2D eigenvalue weighted by Gasteiger charge is 2.30. The Bertz CT molecular complexity index is 1930. The summed E-state index contributed by atoms with van der Waals surface area (Å²) in [6, 6.07) is 0. The highest BCUT2D eigenvalue weighted by Crippen LogP contribution is 2.45. The van der Waals surface area contributed by atoms with Crippen LogP contribution in [0.2, 0.25) is 0 Å². The molecule has 0 fully saturated rings. The average molecular weight is 1440 g/mol. The molecule has 0 aromatic rings. The lowest BCUT2D eigenvalue weighted by molar-refractivity contribution is -0.161. The third-order valence-electron chi connectivity index (χ3n) is 19.4. The van der Waals surface area contributed by atoms with Gasteiger partial charge in [0.15, 0.2) is 12.2 Å². The highest BCUT2D eigenvalue weighted by atomic mass is 31.2. The molecule has 0 heterocycles. The summed E-state index contributed by atoms with van der Waals surface area (Å²) >= 11 is 0. The molecule has 17 nitrogen and oxygen atoms in total. The molecule has 0 aliphatic heterocycles. The van der Waals surface area contributed by atoms with Crippen LogP contribution in [0.3, 0.4) is 0 Å². The predicted octanol–water partition coefficient (Wildman–Crippen LogP) is 23.2. The molecule has 0 aliphatic rings. The zero-order valence-electron chi connectivity index (χ0n) is 64.4. The summed E-state index contributed by atoms with van der Waals surface area (Å²) in [7, 11) is -9.92. The van der Waals surface area contributed by atoms with Gasteiger partial charge in [0.05, 0.1) is 26.4 Å². The molecule has 19 heteroatoms. The standard InChI is InChI=1S/C79H154O17P2/c1-9-70(6)56-48-40-32-24-20-18-16-14-12-13-15-17-19-21-26-36-45-53-61-78(83)95-74(65-89-76(81)59-51-43-35-29-28-34-42-50-58-72(8)11-3)67-93-97(85,86)91-63-73(80)64-92-98(87,88)94-68-75(66-90-77(82)60-52-44-38-30-31-39-47-55-69(4)5)96-79(84)62-54-46-37-27-23-22-25-33-41-49-57-71(7)10-2/h69-75,80H,9-68H2,1-8H3,(H,85,86)(H,87,88)/t70?,71?,72?,73?,74-,75-/m1/s1. The third-order valence-corrected chi connectivity index (χ3v) is 21.3. The molecule has 0 amide bonds. The van der Waals surface area contributed by atoms with Crippen LogP contribution in [0.15, 0.2) is 0 Å². The first-order valence-electron chi connectivity index (χ1n) is 40.8. The van der Waals surface area contributed by atoms with E-state index in [-0.39, 0.29) is 25.7 Å². The van der Waals surface area contributed by atoms with Gasteiger partial charge in [0.1, 0.15) is 19.3 Å². The van der Waals surface area contributed by atoms with Gasteiger partial charge in [-0.2, -0.15) is 0 Å². The number of unbranched alkanes of at least 4 members (excludes halogenated alkanes) is 39. The van der Waals surface area contributed by atoms with Gasteiger partial charge in [-0.25, -0.2) is 9.13 Å². The Balaban J connectivity index is 5.20. The Labute approximate surface area is 600 Å². The first-order chi connectivity index (χ1) is 47.2. The van der Waals surface area contributed by atoms with Crippen molar-refractivity contribution in [3.63, 3.8) is 0 Å². The second-order valence-electron chi connectivity index (χ2n) is 29.7. The van der Waals surface area contributed by atoms with Crippen LogP contribution in [-0.4, -0.2) is 96.7 Å². The first-order valence-corrected chi connectivity index (χ1v) is 43.8. The SMILES string of the molecule is CCC(C)CCCCCCCCCCCCCCCCCCCCC(=O)O[C@H](COC(=O)CCCCCCCCCCC(C)CC)COP(=O)(O)OCC(O)COP(=O)(O)OC[C@@H](COC(=O)CCCCCCCCCC(C)C)OC(=O)CCCCCCCCCCCCC(C)CC. The van der Waals surface area contributed by atoms with E-state index < -0.39 is 97.5 Å². The van der Waals surface area contributed by atoms with E-state index in [1.807, 2.05) is 0 Å². The molecule has 0 aromatic carbocycles. The van der Waals surface area contributed by atoms with Gasteiger partial charge in [0.25, 0.3) is 0 Å². The van der Waals surface area contributed by atoms with E-state index in [9.17, 15) is 43.2 Å². The zero-order chi connectivity index (χ0) is 72.4. The van der Waals surface area contributed by atoms with Crippen molar-refractivity contribution in [1.29, 1.82) is 0 Å². The molecule has 8 atom stereocenters. The maximum absolute atomic E-state index is 13.1. The van der Waals surface area contributed by atoms with E-state index in [0.29, 0.717) is 31.6 Å². The Morgan fingerprint density at radius 3 is 0.724 bits per heavy atom. The third kappa shape index (κ3) is 68.5. The number of aliphatic hydroxyl groups excluding tert-OH is 1. The topological polar surface area (TPSA) is 237 Å². The number of hydrogen-bond donors (Lipinski definition) is 3. The summed E-state index contributed by atoms with van der Waals surface area (Å²) < 4.78 is 68.6. The van der Waals surface area contributed by atoms with Crippen molar-refractivity contribution in [3.8, 4) is 0 Å². The van der Waals surface area contributed by atoms with Crippen LogP contribution in [0.4, 0.5) is 0 Å². The van der Waals surface area contributed by atoms with Crippen molar-refractivity contribution in [2.45, 2.75) is 420 Å². The van der Waals surface area contributed by atoms with E-state index in [1.165, 1.54) is 199 Å². The number of phosphoric acid groups is 2. The fourth-order valence-corrected chi connectivity index (χ4v) is 13.6. The number of rotatable bonds is 76. The van der Waals surface area contributed by atoms with Crippen molar-refractivity contribution in [3.05, 3.63) is 0 Å². The predicted molar refractivity (Wildman–Crippen MR) is 400 cm³/mol.